The number of nitrogens with one attached hydrogen (secondary N) is 2. The molecular weight excluding hydrogens is 300 g/mol. The van der Waals surface area contributed by atoms with Crippen molar-refractivity contribution in [1.82, 2.24) is 15.1 Å². The molecule has 5 nitrogen and oxygen atoms in total. The molecule has 0 atom stereocenters. The quantitative estimate of drug-likeness (QED) is 0.886. The van der Waals surface area contributed by atoms with E-state index in [1.165, 1.54) is 0 Å². The SMILES string of the molecule is CC(C)Cc1cc(C(=O)N2CCC(Nc3ccccc3)CC2)n[nH]1. The molecule has 24 heavy (non-hydrogen) atoms. The van der Waals surface area contributed by atoms with Gasteiger partial charge >= 0.3 is 0 Å². The summed E-state index contributed by atoms with van der Waals surface area (Å²) in [6.45, 7) is 5.87. The Balaban J connectivity index is 1.52. The molecule has 0 aliphatic carbocycles. The Morgan fingerprint density at radius 3 is 2.67 bits per heavy atom. The first-order chi connectivity index (χ1) is 11.6. The molecule has 1 aromatic heterocycles. The molecule has 1 aliphatic rings. The monoisotopic (exact) mass is 326 g/mol. The van der Waals surface area contributed by atoms with Crippen LogP contribution in [0.1, 0.15) is 42.9 Å². The summed E-state index contributed by atoms with van der Waals surface area (Å²) in [7, 11) is 0. The predicted molar refractivity (Wildman–Crippen MR) is 96.1 cm³/mol. The van der Waals surface area contributed by atoms with Crippen LogP contribution in [0.15, 0.2) is 36.4 Å². The number of para-hydroxylation sites is 1. The highest BCUT2D eigenvalue weighted by Gasteiger charge is 2.25. The van der Waals surface area contributed by atoms with Crippen LogP contribution < -0.4 is 5.32 Å². The first kappa shape index (κ1) is 16.6. The van der Waals surface area contributed by atoms with Crippen molar-refractivity contribution < 1.29 is 4.79 Å². The number of H-pyrrole nitrogens is 1. The summed E-state index contributed by atoms with van der Waals surface area (Å²) in [6.07, 6.45) is 2.84. The van der Waals surface area contributed by atoms with Gasteiger partial charge < -0.3 is 10.2 Å². The van der Waals surface area contributed by atoms with E-state index in [2.05, 4.69) is 41.5 Å². The van der Waals surface area contributed by atoms with Gasteiger partial charge in [-0.05, 0) is 43.4 Å². The maximum Gasteiger partial charge on any atom is 0.274 e. The summed E-state index contributed by atoms with van der Waals surface area (Å²) in [5.41, 5.74) is 2.72. The van der Waals surface area contributed by atoms with Crippen molar-refractivity contribution in [3.05, 3.63) is 47.8 Å². The molecule has 1 amide bonds. The summed E-state index contributed by atoms with van der Waals surface area (Å²) in [6, 6.07) is 12.6. The maximum atomic E-state index is 12.6. The lowest BCUT2D eigenvalue weighted by Gasteiger charge is -2.32. The molecule has 0 saturated carbocycles. The normalized spacial score (nSPS) is 15.7. The molecule has 1 aliphatic heterocycles. The molecule has 0 radical (unpaired) electrons. The fraction of sp³-hybridized carbons (Fsp3) is 0.474. The average Bonchev–Trinajstić information content (AvgIpc) is 3.03. The van der Waals surface area contributed by atoms with E-state index in [1.54, 1.807) is 0 Å². The van der Waals surface area contributed by atoms with Gasteiger partial charge in [-0.1, -0.05) is 32.0 Å². The number of hydrogen-bond donors (Lipinski definition) is 2. The van der Waals surface area contributed by atoms with Gasteiger partial charge in [0.05, 0.1) is 0 Å². The largest absolute Gasteiger partial charge is 0.382 e. The smallest absolute Gasteiger partial charge is 0.274 e. The van der Waals surface area contributed by atoms with Gasteiger partial charge in [-0.3, -0.25) is 9.89 Å². The van der Waals surface area contributed by atoms with Crippen LogP contribution in [0.5, 0.6) is 0 Å². The molecule has 2 N–H and O–H groups in total. The number of amides is 1. The zero-order chi connectivity index (χ0) is 16.9. The number of nitrogens with zero attached hydrogens (tertiary/aromatic N) is 2. The number of anilines is 1. The maximum absolute atomic E-state index is 12.6. The van der Waals surface area contributed by atoms with Crippen LogP contribution in [0, 0.1) is 5.92 Å². The molecule has 1 aromatic carbocycles. The van der Waals surface area contributed by atoms with E-state index in [-0.39, 0.29) is 5.91 Å². The summed E-state index contributed by atoms with van der Waals surface area (Å²) in [5.74, 6) is 0.590. The minimum absolute atomic E-state index is 0.0411. The number of carbonyl (C=O) groups excluding carboxylic acids is 1. The summed E-state index contributed by atoms with van der Waals surface area (Å²) >= 11 is 0. The van der Waals surface area contributed by atoms with Crippen LogP contribution in [0.2, 0.25) is 0 Å². The third-order valence-electron chi connectivity index (χ3n) is 4.40. The summed E-state index contributed by atoms with van der Waals surface area (Å²) in [5, 5.41) is 10.7. The number of hydrogen-bond acceptors (Lipinski definition) is 3. The van der Waals surface area contributed by atoms with Crippen LogP contribution >= 0.6 is 0 Å². The zero-order valence-electron chi connectivity index (χ0n) is 14.5. The molecular formula is C19H26N4O. The highest BCUT2D eigenvalue weighted by Crippen LogP contribution is 2.18. The van der Waals surface area contributed by atoms with Crippen LogP contribution in [0.4, 0.5) is 5.69 Å². The molecule has 0 bridgehead atoms. The van der Waals surface area contributed by atoms with Gasteiger partial charge in [-0.25, -0.2) is 0 Å². The van der Waals surface area contributed by atoms with Crippen LogP contribution in [-0.4, -0.2) is 40.1 Å². The van der Waals surface area contributed by atoms with E-state index in [4.69, 9.17) is 0 Å². The van der Waals surface area contributed by atoms with Crippen LogP contribution in [0.3, 0.4) is 0 Å². The van der Waals surface area contributed by atoms with Gasteiger partial charge in [0.25, 0.3) is 5.91 Å². The Morgan fingerprint density at radius 2 is 2.00 bits per heavy atom. The lowest BCUT2D eigenvalue weighted by atomic mass is 10.0. The second kappa shape index (κ2) is 7.51. The Bertz CT molecular complexity index is 657. The van der Waals surface area contributed by atoms with Gasteiger partial charge in [0.1, 0.15) is 5.69 Å². The second-order valence-corrected chi connectivity index (χ2v) is 6.95. The molecule has 1 saturated heterocycles. The lowest BCUT2D eigenvalue weighted by molar-refractivity contribution is 0.0712. The van der Waals surface area contributed by atoms with E-state index in [9.17, 15) is 4.79 Å². The van der Waals surface area contributed by atoms with Crippen molar-refractivity contribution in [2.45, 2.75) is 39.2 Å². The van der Waals surface area contributed by atoms with E-state index in [0.717, 1.165) is 43.7 Å². The van der Waals surface area contributed by atoms with Gasteiger partial charge in [0.15, 0.2) is 0 Å². The summed E-state index contributed by atoms with van der Waals surface area (Å²) < 4.78 is 0. The molecule has 0 unspecified atom stereocenters. The molecule has 128 valence electrons. The van der Waals surface area contributed by atoms with Gasteiger partial charge in [-0.15, -0.1) is 0 Å². The van der Waals surface area contributed by atoms with E-state index >= 15 is 0 Å². The van der Waals surface area contributed by atoms with E-state index in [1.807, 2.05) is 29.2 Å². The minimum atomic E-state index is 0.0411. The van der Waals surface area contributed by atoms with Crippen molar-refractivity contribution in [3.8, 4) is 0 Å². The Labute approximate surface area is 143 Å². The van der Waals surface area contributed by atoms with Crippen LogP contribution in [0.25, 0.3) is 0 Å². The highest BCUT2D eigenvalue weighted by molar-refractivity contribution is 5.92. The fourth-order valence-electron chi connectivity index (χ4n) is 3.17. The van der Waals surface area contributed by atoms with Crippen molar-refractivity contribution in [2.75, 3.05) is 18.4 Å². The number of aromatic nitrogens is 2. The Kier molecular flexibility index (Phi) is 5.18. The molecule has 5 heteroatoms. The first-order valence-electron chi connectivity index (χ1n) is 8.77. The minimum Gasteiger partial charge on any atom is -0.382 e. The second-order valence-electron chi connectivity index (χ2n) is 6.95. The summed E-state index contributed by atoms with van der Waals surface area (Å²) in [4.78, 5) is 14.5. The number of aromatic amines is 1. The number of rotatable bonds is 5. The molecule has 1 fully saturated rings. The highest BCUT2D eigenvalue weighted by atomic mass is 16.2. The number of piperidine rings is 1. The fourth-order valence-corrected chi connectivity index (χ4v) is 3.17. The molecule has 2 aromatic rings. The van der Waals surface area contributed by atoms with Crippen molar-refractivity contribution in [2.24, 2.45) is 5.92 Å². The zero-order valence-corrected chi connectivity index (χ0v) is 14.5. The van der Waals surface area contributed by atoms with Crippen molar-refractivity contribution in [3.63, 3.8) is 0 Å². The third kappa shape index (κ3) is 4.16. The molecule has 0 spiro atoms. The number of benzene rings is 1. The average molecular weight is 326 g/mol. The number of carbonyl (C=O) groups is 1. The van der Waals surface area contributed by atoms with Crippen molar-refractivity contribution >= 4 is 11.6 Å². The van der Waals surface area contributed by atoms with Gasteiger partial charge in [-0.2, -0.15) is 5.10 Å². The molecule has 3 rings (SSSR count). The molecule has 2 heterocycles. The topological polar surface area (TPSA) is 61.0 Å². The standard InChI is InChI=1S/C19H26N4O/c1-14(2)12-17-13-18(22-21-17)19(24)23-10-8-16(9-11-23)20-15-6-4-3-5-7-15/h3-7,13-14,16,20H,8-12H2,1-2H3,(H,21,22). The predicted octanol–water partition coefficient (Wildman–Crippen LogP) is 3.32. The Hall–Kier alpha value is -2.30. The van der Waals surface area contributed by atoms with Gasteiger partial charge in [0.2, 0.25) is 0 Å². The Morgan fingerprint density at radius 1 is 1.29 bits per heavy atom. The van der Waals surface area contributed by atoms with E-state index < -0.39 is 0 Å². The van der Waals surface area contributed by atoms with Crippen molar-refractivity contribution in [1.29, 1.82) is 0 Å². The van der Waals surface area contributed by atoms with Gasteiger partial charge in [0, 0.05) is 30.5 Å². The first-order valence-corrected chi connectivity index (χ1v) is 8.77. The number of likely N-dealkylation sites (tertiary alicyclic amines) is 1. The third-order valence-corrected chi connectivity index (χ3v) is 4.40. The van der Waals surface area contributed by atoms with E-state index in [0.29, 0.717) is 17.7 Å². The van der Waals surface area contributed by atoms with Crippen LogP contribution in [-0.2, 0) is 6.42 Å². The lowest BCUT2D eigenvalue weighted by Crippen LogP contribution is -2.42.